The van der Waals surface area contributed by atoms with Gasteiger partial charge in [-0.15, -0.1) is 0 Å². The third-order valence-corrected chi connectivity index (χ3v) is 4.03. The molecule has 0 unspecified atom stereocenters. The number of esters is 1. The van der Waals surface area contributed by atoms with E-state index in [9.17, 15) is 9.59 Å². The van der Waals surface area contributed by atoms with Gasteiger partial charge in [-0.3, -0.25) is 9.78 Å². The fourth-order valence-corrected chi connectivity index (χ4v) is 2.52. The predicted molar refractivity (Wildman–Crippen MR) is 92.4 cm³/mol. The van der Waals surface area contributed by atoms with Crippen molar-refractivity contribution < 1.29 is 9.53 Å². The van der Waals surface area contributed by atoms with E-state index < -0.39 is 5.97 Å². The molecule has 0 amide bonds. The first-order valence-corrected chi connectivity index (χ1v) is 8.20. The predicted octanol–water partition coefficient (Wildman–Crippen LogP) is 2.94. The number of benzene rings is 1. The zero-order chi connectivity index (χ0) is 16.8. The van der Waals surface area contributed by atoms with Gasteiger partial charge in [0.1, 0.15) is 0 Å². The standard InChI is InChI=1S/C16H19N3O3S/c1-10(2)23-9-13-8-14(20)19-16(18-13)17-12-6-4-5-11(7-12)15(21)22-3/h4-8,10H,9H2,1-3H3,(H2,17,18,19,20). The van der Waals surface area contributed by atoms with Crippen molar-refractivity contribution in [3.05, 3.63) is 51.9 Å². The summed E-state index contributed by atoms with van der Waals surface area (Å²) < 4.78 is 4.69. The average molecular weight is 333 g/mol. The Morgan fingerprint density at radius 1 is 1.39 bits per heavy atom. The molecular formula is C16H19N3O3S. The molecule has 2 aromatic rings. The Morgan fingerprint density at radius 2 is 2.17 bits per heavy atom. The first-order chi connectivity index (χ1) is 11.0. The lowest BCUT2D eigenvalue weighted by atomic mass is 10.2. The largest absolute Gasteiger partial charge is 0.465 e. The van der Waals surface area contributed by atoms with Gasteiger partial charge in [0.15, 0.2) is 0 Å². The smallest absolute Gasteiger partial charge is 0.337 e. The van der Waals surface area contributed by atoms with Crippen LogP contribution in [0.4, 0.5) is 11.6 Å². The molecule has 6 nitrogen and oxygen atoms in total. The fraction of sp³-hybridized carbons (Fsp3) is 0.312. The Morgan fingerprint density at radius 3 is 2.87 bits per heavy atom. The number of thioether (sulfide) groups is 1. The zero-order valence-corrected chi connectivity index (χ0v) is 14.1. The molecule has 0 aliphatic rings. The molecule has 1 heterocycles. The summed E-state index contributed by atoms with van der Waals surface area (Å²) in [4.78, 5) is 30.3. The van der Waals surface area contributed by atoms with Crippen LogP contribution in [0.3, 0.4) is 0 Å². The number of H-pyrrole nitrogens is 1. The summed E-state index contributed by atoms with van der Waals surface area (Å²) in [6.07, 6.45) is 0. The second kappa shape index (κ2) is 7.82. The summed E-state index contributed by atoms with van der Waals surface area (Å²) in [5.74, 6) is 0.592. The molecule has 0 aliphatic carbocycles. The lowest BCUT2D eigenvalue weighted by Gasteiger charge is -2.09. The third-order valence-electron chi connectivity index (χ3n) is 2.91. The van der Waals surface area contributed by atoms with Gasteiger partial charge in [-0.25, -0.2) is 9.78 Å². The van der Waals surface area contributed by atoms with Crippen molar-refractivity contribution in [2.75, 3.05) is 12.4 Å². The van der Waals surface area contributed by atoms with E-state index in [0.717, 1.165) is 0 Å². The van der Waals surface area contributed by atoms with Crippen molar-refractivity contribution in [1.82, 2.24) is 9.97 Å². The molecule has 2 N–H and O–H groups in total. The van der Waals surface area contributed by atoms with E-state index in [1.165, 1.54) is 13.2 Å². The minimum absolute atomic E-state index is 0.217. The summed E-state index contributed by atoms with van der Waals surface area (Å²) >= 11 is 1.71. The number of ether oxygens (including phenoxy) is 1. The van der Waals surface area contributed by atoms with Crippen LogP contribution in [0.1, 0.15) is 29.9 Å². The topological polar surface area (TPSA) is 84.1 Å². The van der Waals surface area contributed by atoms with E-state index >= 15 is 0 Å². The molecule has 23 heavy (non-hydrogen) atoms. The van der Waals surface area contributed by atoms with Gasteiger partial charge in [-0.05, 0) is 23.4 Å². The number of hydrogen-bond acceptors (Lipinski definition) is 6. The maximum atomic E-state index is 11.7. The van der Waals surface area contributed by atoms with Crippen molar-refractivity contribution in [1.29, 1.82) is 0 Å². The molecule has 1 aromatic heterocycles. The Balaban J connectivity index is 2.19. The zero-order valence-electron chi connectivity index (χ0n) is 13.3. The lowest BCUT2D eigenvalue weighted by Crippen LogP contribution is -2.12. The van der Waals surface area contributed by atoms with E-state index in [1.807, 2.05) is 0 Å². The van der Waals surface area contributed by atoms with Crippen LogP contribution in [0.15, 0.2) is 35.1 Å². The number of carbonyl (C=O) groups is 1. The first kappa shape index (κ1) is 17.1. The van der Waals surface area contributed by atoms with Gasteiger partial charge in [0.05, 0.1) is 18.4 Å². The number of anilines is 2. The van der Waals surface area contributed by atoms with E-state index in [0.29, 0.717) is 33.9 Å². The minimum Gasteiger partial charge on any atom is -0.465 e. The van der Waals surface area contributed by atoms with Gasteiger partial charge >= 0.3 is 5.97 Å². The van der Waals surface area contributed by atoms with Crippen LogP contribution in [-0.2, 0) is 10.5 Å². The van der Waals surface area contributed by atoms with Crippen molar-refractivity contribution in [3.8, 4) is 0 Å². The van der Waals surface area contributed by atoms with Crippen LogP contribution in [0.2, 0.25) is 0 Å². The van der Waals surface area contributed by atoms with Crippen LogP contribution in [0.25, 0.3) is 0 Å². The van der Waals surface area contributed by atoms with Gasteiger partial charge in [-0.1, -0.05) is 19.9 Å². The van der Waals surface area contributed by atoms with Gasteiger partial charge in [0, 0.05) is 17.5 Å². The Bertz CT molecular complexity index is 743. The molecule has 7 heteroatoms. The molecule has 0 atom stereocenters. The number of aromatic nitrogens is 2. The van der Waals surface area contributed by atoms with Crippen LogP contribution >= 0.6 is 11.8 Å². The number of hydrogen-bond donors (Lipinski definition) is 2. The molecule has 0 bridgehead atoms. The number of carbonyl (C=O) groups excluding carboxylic acids is 1. The van der Waals surface area contributed by atoms with E-state index in [4.69, 9.17) is 4.74 Å². The summed E-state index contributed by atoms with van der Waals surface area (Å²) in [6.45, 7) is 4.19. The van der Waals surface area contributed by atoms with Crippen molar-refractivity contribution in [3.63, 3.8) is 0 Å². The average Bonchev–Trinajstić information content (AvgIpc) is 2.52. The van der Waals surface area contributed by atoms with E-state index in [2.05, 4.69) is 29.1 Å². The molecule has 0 saturated carbocycles. The molecule has 0 radical (unpaired) electrons. The first-order valence-electron chi connectivity index (χ1n) is 7.15. The van der Waals surface area contributed by atoms with Crippen LogP contribution in [0.5, 0.6) is 0 Å². The SMILES string of the molecule is COC(=O)c1cccc(Nc2nc(CSC(C)C)cc(=O)[nH]2)c1. The molecule has 1 aromatic carbocycles. The number of methoxy groups -OCH3 is 1. The second-order valence-electron chi connectivity index (χ2n) is 5.14. The van der Waals surface area contributed by atoms with Crippen LogP contribution < -0.4 is 10.9 Å². The van der Waals surface area contributed by atoms with Crippen LogP contribution in [0, 0.1) is 0 Å². The van der Waals surface area contributed by atoms with Crippen molar-refractivity contribution >= 4 is 29.4 Å². The highest BCUT2D eigenvalue weighted by molar-refractivity contribution is 7.99. The highest BCUT2D eigenvalue weighted by atomic mass is 32.2. The minimum atomic E-state index is -0.419. The monoisotopic (exact) mass is 333 g/mol. The Hall–Kier alpha value is -2.28. The second-order valence-corrected chi connectivity index (χ2v) is 6.71. The maximum absolute atomic E-state index is 11.7. The van der Waals surface area contributed by atoms with Gasteiger partial charge in [0.25, 0.3) is 5.56 Å². The third kappa shape index (κ3) is 5.14. The van der Waals surface area contributed by atoms with E-state index in [1.54, 1.807) is 36.0 Å². The van der Waals surface area contributed by atoms with Gasteiger partial charge in [0.2, 0.25) is 5.95 Å². The Labute approximate surface area is 138 Å². The lowest BCUT2D eigenvalue weighted by molar-refractivity contribution is 0.0601. The molecule has 122 valence electrons. The number of rotatable bonds is 6. The summed E-state index contributed by atoms with van der Waals surface area (Å²) in [6, 6.07) is 8.29. The van der Waals surface area contributed by atoms with E-state index in [-0.39, 0.29) is 5.56 Å². The maximum Gasteiger partial charge on any atom is 0.337 e. The Kier molecular flexibility index (Phi) is 5.81. The summed E-state index contributed by atoms with van der Waals surface area (Å²) in [7, 11) is 1.33. The van der Waals surface area contributed by atoms with Gasteiger partial charge < -0.3 is 10.1 Å². The molecule has 0 spiro atoms. The molecule has 0 fully saturated rings. The number of nitrogens with zero attached hydrogens (tertiary/aromatic N) is 1. The molecular weight excluding hydrogens is 314 g/mol. The normalized spacial score (nSPS) is 10.6. The number of aromatic amines is 1. The van der Waals surface area contributed by atoms with Crippen LogP contribution in [-0.4, -0.2) is 28.3 Å². The number of nitrogens with one attached hydrogen (secondary N) is 2. The summed E-state index contributed by atoms with van der Waals surface area (Å²) in [5.41, 5.74) is 1.56. The highest BCUT2D eigenvalue weighted by Crippen LogP contribution is 2.18. The van der Waals surface area contributed by atoms with Crippen molar-refractivity contribution in [2.24, 2.45) is 0 Å². The molecule has 0 saturated heterocycles. The molecule has 2 rings (SSSR count). The van der Waals surface area contributed by atoms with Crippen molar-refractivity contribution in [2.45, 2.75) is 24.9 Å². The highest BCUT2D eigenvalue weighted by Gasteiger charge is 2.07. The quantitative estimate of drug-likeness (QED) is 0.791. The summed E-state index contributed by atoms with van der Waals surface area (Å²) in [5, 5.41) is 3.47. The van der Waals surface area contributed by atoms with Gasteiger partial charge in [-0.2, -0.15) is 11.8 Å². The molecule has 0 aliphatic heterocycles. The fourth-order valence-electron chi connectivity index (χ4n) is 1.87.